The Morgan fingerprint density at radius 1 is 1.35 bits per heavy atom. The normalized spacial score (nSPS) is 26.0. The lowest BCUT2D eigenvalue weighted by Crippen LogP contribution is -2.36. The Kier molecular flexibility index (Phi) is 3.25. The quantitative estimate of drug-likeness (QED) is 0.872. The number of sulfone groups is 1. The van der Waals surface area contributed by atoms with E-state index in [0.29, 0.717) is 6.42 Å². The molecule has 0 fully saturated rings. The smallest absolute Gasteiger partial charge is 0.221 e. The first-order valence-electron chi connectivity index (χ1n) is 6.57. The lowest BCUT2D eigenvalue weighted by atomic mass is 9.97. The minimum Gasteiger partial charge on any atom is -0.384 e. The highest BCUT2D eigenvalue weighted by molar-refractivity contribution is 7.94. The summed E-state index contributed by atoms with van der Waals surface area (Å²) in [6.45, 7) is 0.742. The number of carbonyl (C=O) groups excluding carboxylic acids is 1. The molecule has 1 aromatic rings. The Morgan fingerprint density at radius 2 is 2.15 bits per heavy atom. The molecule has 2 heterocycles. The van der Waals surface area contributed by atoms with E-state index in [1.807, 2.05) is 24.3 Å². The summed E-state index contributed by atoms with van der Waals surface area (Å²) in [5, 5.41) is 7.20. The SMILES string of the molecule is O=C(CC1CNc2ccccc21)NC1C=CS(=O)(=O)C1. The number of carbonyl (C=O) groups is 1. The van der Waals surface area contributed by atoms with Crippen molar-refractivity contribution in [3.63, 3.8) is 0 Å². The van der Waals surface area contributed by atoms with E-state index in [1.165, 1.54) is 11.5 Å². The zero-order valence-corrected chi connectivity index (χ0v) is 11.7. The third kappa shape index (κ3) is 2.70. The maximum absolute atomic E-state index is 12.0. The van der Waals surface area contributed by atoms with Gasteiger partial charge in [0.2, 0.25) is 5.91 Å². The van der Waals surface area contributed by atoms with Crippen molar-refractivity contribution in [1.29, 1.82) is 0 Å². The Labute approximate surface area is 118 Å². The van der Waals surface area contributed by atoms with Crippen LogP contribution in [0.5, 0.6) is 0 Å². The van der Waals surface area contributed by atoms with Gasteiger partial charge in [-0.15, -0.1) is 0 Å². The van der Waals surface area contributed by atoms with Crippen molar-refractivity contribution in [2.24, 2.45) is 0 Å². The molecule has 106 valence electrons. The molecule has 0 aromatic heterocycles. The summed E-state index contributed by atoms with van der Waals surface area (Å²) >= 11 is 0. The van der Waals surface area contributed by atoms with E-state index in [1.54, 1.807) is 0 Å². The van der Waals surface area contributed by atoms with Crippen LogP contribution in [0.1, 0.15) is 17.9 Å². The number of nitrogens with one attached hydrogen (secondary N) is 2. The average Bonchev–Trinajstić information content (AvgIpc) is 2.94. The topological polar surface area (TPSA) is 75.3 Å². The van der Waals surface area contributed by atoms with Crippen molar-refractivity contribution in [2.45, 2.75) is 18.4 Å². The molecule has 0 spiro atoms. The molecule has 2 atom stereocenters. The van der Waals surface area contributed by atoms with E-state index in [-0.39, 0.29) is 17.6 Å². The molecule has 1 aromatic carbocycles. The fourth-order valence-electron chi connectivity index (χ4n) is 2.69. The van der Waals surface area contributed by atoms with Gasteiger partial charge in [0.25, 0.3) is 0 Å². The van der Waals surface area contributed by atoms with Crippen LogP contribution in [0.3, 0.4) is 0 Å². The maximum atomic E-state index is 12.0. The van der Waals surface area contributed by atoms with Crippen molar-refractivity contribution >= 4 is 21.4 Å². The van der Waals surface area contributed by atoms with Gasteiger partial charge in [0.15, 0.2) is 9.84 Å². The summed E-state index contributed by atoms with van der Waals surface area (Å²) < 4.78 is 22.6. The van der Waals surface area contributed by atoms with Gasteiger partial charge >= 0.3 is 0 Å². The molecule has 2 N–H and O–H groups in total. The lowest BCUT2D eigenvalue weighted by Gasteiger charge is -2.13. The van der Waals surface area contributed by atoms with Crippen LogP contribution in [0.4, 0.5) is 5.69 Å². The Balaban J connectivity index is 1.60. The highest BCUT2D eigenvalue weighted by Crippen LogP contribution is 2.33. The van der Waals surface area contributed by atoms with Crippen LogP contribution in [0.2, 0.25) is 0 Å². The number of hydrogen-bond acceptors (Lipinski definition) is 4. The van der Waals surface area contributed by atoms with Gasteiger partial charge in [0, 0.05) is 30.0 Å². The second kappa shape index (κ2) is 4.94. The number of para-hydroxylation sites is 1. The lowest BCUT2D eigenvalue weighted by molar-refractivity contribution is -0.121. The van der Waals surface area contributed by atoms with Gasteiger partial charge in [-0.2, -0.15) is 0 Å². The van der Waals surface area contributed by atoms with Crippen LogP contribution in [0.25, 0.3) is 0 Å². The van der Waals surface area contributed by atoms with Gasteiger partial charge in [-0.3, -0.25) is 4.79 Å². The van der Waals surface area contributed by atoms with Gasteiger partial charge in [-0.1, -0.05) is 18.2 Å². The molecule has 2 unspecified atom stereocenters. The Hall–Kier alpha value is -1.82. The molecule has 0 aliphatic carbocycles. The van der Waals surface area contributed by atoms with Crippen molar-refractivity contribution in [3.8, 4) is 0 Å². The molecule has 2 aliphatic heterocycles. The molecule has 0 radical (unpaired) electrons. The standard InChI is InChI=1S/C14H16N2O3S/c17-14(16-11-5-6-20(18,19)9-11)7-10-8-15-13-4-2-1-3-12(10)13/h1-6,10-11,15H,7-9H2,(H,16,17). The summed E-state index contributed by atoms with van der Waals surface area (Å²) in [4.78, 5) is 12.0. The zero-order valence-electron chi connectivity index (χ0n) is 10.9. The predicted octanol–water partition coefficient (Wildman–Crippen LogP) is 1.01. The van der Waals surface area contributed by atoms with Crippen LogP contribution in [-0.4, -0.2) is 32.7 Å². The zero-order chi connectivity index (χ0) is 14.2. The molecular formula is C14H16N2O3S. The first-order valence-corrected chi connectivity index (χ1v) is 8.28. The number of amides is 1. The second-order valence-electron chi connectivity index (χ2n) is 5.20. The highest BCUT2D eigenvalue weighted by Gasteiger charge is 2.27. The summed E-state index contributed by atoms with van der Waals surface area (Å²) in [7, 11) is -3.12. The van der Waals surface area contributed by atoms with E-state index in [9.17, 15) is 13.2 Å². The second-order valence-corrected chi connectivity index (χ2v) is 7.13. The predicted molar refractivity (Wildman–Crippen MR) is 77.1 cm³/mol. The third-order valence-electron chi connectivity index (χ3n) is 3.65. The van der Waals surface area contributed by atoms with E-state index in [4.69, 9.17) is 0 Å². The van der Waals surface area contributed by atoms with Crippen molar-refractivity contribution in [1.82, 2.24) is 5.32 Å². The molecular weight excluding hydrogens is 276 g/mol. The molecule has 0 bridgehead atoms. The molecule has 3 rings (SSSR count). The molecule has 5 nitrogen and oxygen atoms in total. The Morgan fingerprint density at radius 3 is 2.90 bits per heavy atom. The summed E-state index contributed by atoms with van der Waals surface area (Å²) in [6.07, 6.45) is 1.91. The van der Waals surface area contributed by atoms with Gasteiger partial charge in [-0.05, 0) is 17.7 Å². The molecule has 6 heteroatoms. The van der Waals surface area contributed by atoms with E-state index in [0.717, 1.165) is 17.8 Å². The minimum absolute atomic E-state index is 0.0295. The fraction of sp³-hybridized carbons (Fsp3) is 0.357. The van der Waals surface area contributed by atoms with E-state index < -0.39 is 15.9 Å². The van der Waals surface area contributed by atoms with Gasteiger partial charge in [0.1, 0.15) is 0 Å². The number of hydrogen-bond donors (Lipinski definition) is 2. The first kappa shape index (κ1) is 13.2. The third-order valence-corrected chi connectivity index (χ3v) is 5.04. The Bertz CT molecular complexity index is 667. The molecule has 0 saturated heterocycles. The molecule has 20 heavy (non-hydrogen) atoms. The van der Waals surface area contributed by atoms with Crippen molar-refractivity contribution < 1.29 is 13.2 Å². The van der Waals surface area contributed by atoms with Crippen LogP contribution in [0.15, 0.2) is 35.7 Å². The van der Waals surface area contributed by atoms with E-state index in [2.05, 4.69) is 10.6 Å². The highest BCUT2D eigenvalue weighted by atomic mass is 32.2. The molecule has 2 aliphatic rings. The number of rotatable bonds is 3. The van der Waals surface area contributed by atoms with Gasteiger partial charge in [-0.25, -0.2) is 8.42 Å². The maximum Gasteiger partial charge on any atom is 0.221 e. The van der Waals surface area contributed by atoms with Crippen LogP contribution < -0.4 is 10.6 Å². The number of benzene rings is 1. The summed E-state index contributed by atoms with van der Waals surface area (Å²) in [5.74, 6) is 0.00608. The summed E-state index contributed by atoms with van der Waals surface area (Å²) in [6, 6.07) is 7.55. The van der Waals surface area contributed by atoms with Crippen LogP contribution in [-0.2, 0) is 14.6 Å². The van der Waals surface area contributed by atoms with Crippen LogP contribution in [0, 0.1) is 0 Å². The largest absolute Gasteiger partial charge is 0.384 e. The van der Waals surface area contributed by atoms with Gasteiger partial charge in [0.05, 0.1) is 11.8 Å². The first-order chi connectivity index (χ1) is 9.53. The summed E-state index contributed by atoms with van der Waals surface area (Å²) in [5.41, 5.74) is 2.23. The monoisotopic (exact) mass is 292 g/mol. The average molecular weight is 292 g/mol. The van der Waals surface area contributed by atoms with Crippen molar-refractivity contribution in [3.05, 3.63) is 41.3 Å². The van der Waals surface area contributed by atoms with E-state index >= 15 is 0 Å². The van der Waals surface area contributed by atoms with Crippen molar-refractivity contribution in [2.75, 3.05) is 17.6 Å². The fourth-order valence-corrected chi connectivity index (χ4v) is 3.93. The molecule has 1 amide bonds. The number of anilines is 1. The number of fused-ring (bicyclic) bond motifs is 1. The van der Waals surface area contributed by atoms with Crippen LogP contribution >= 0.6 is 0 Å². The van der Waals surface area contributed by atoms with Gasteiger partial charge < -0.3 is 10.6 Å². The minimum atomic E-state index is -3.12. The molecule has 0 saturated carbocycles.